The third-order valence-electron chi connectivity index (χ3n) is 2.50. The van der Waals surface area contributed by atoms with Gasteiger partial charge in [0.05, 0.1) is 0 Å². The smallest absolute Gasteiger partial charge is 0.0184 e. The first kappa shape index (κ1) is 11.4. The summed E-state index contributed by atoms with van der Waals surface area (Å²) < 4.78 is 0. The SMILES string of the molecule is [CH2]c1ccccc1.c1ccc2ccccc2c1. The quantitative estimate of drug-likeness (QED) is 0.513. The first-order valence-corrected chi connectivity index (χ1v) is 5.67. The molecular weight excluding hydrogens is 204 g/mol. The molecular formula is C17H15. The lowest BCUT2D eigenvalue weighted by molar-refractivity contribution is 1.62. The van der Waals surface area contributed by atoms with Crippen LogP contribution in [-0.2, 0) is 0 Å². The van der Waals surface area contributed by atoms with Crippen molar-refractivity contribution in [3.05, 3.63) is 91.3 Å². The highest BCUT2D eigenvalue weighted by atomic mass is 13.9. The second-order valence-electron chi connectivity index (χ2n) is 3.83. The number of hydrogen-bond donors (Lipinski definition) is 0. The van der Waals surface area contributed by atoms with E-state index in [1.165, 1.54) is 10.8 Å². The standard InChI is InChI=1S/C10H8.C7H7/c1-2-6-10-8-4-3-7-9(10)5-1;1-7-5-3-2-4-6-7/h1-8H;2-6H,1H2. The van der Waals surface area contributed by atoms with E-state index in [1.54, 1.807) is 0 Å². The highest BCUT2D eigenvalue weighted by Gasteiger charge is 1.85. The van der Waals surface area contributed by atoms with Crippen LogP contribution < -0.4 is 0 Å². The summed E-state index contributed by atoms with van der Waals surface area (Å²) in [6, 6.07) is 26.6. The molecule has 0 bridgehead atoms. The maximum atomic E-state index is 3.72. The molecule has 0 heteroatoms. The minimum absolute atomic E-state index is 1.07. The predicted octanol–water partition coefficient (Wildman–Crippen LogP) is 4.71. The van der Waals surface area contributed by atoms with Gasteiger partial charge in [-0.15, -0.1) is 0 Å². The van der Waals surface area contributed by atoms with E-state index in [-0.39, 0.29) is 0 Å². The Hall–Kier alpha value is -2.08. The van der Waals surface area contributed by atoms with Gasteiger partial charge in [-0.2, -0.15) is 0 Å². The average molecular weight is 219 g/mol. The first-order valence-electron chi connectivity index (χ1n) is 5.67. The van der Waals surface area contributed by atoms with E-state index < -0.39 is 0 Å². The minimum Gasteiger partial charge on any atom is -0.0622 e. The highest BCUT2D eigenvalue weighted by molar-refractivity contribution is 5.81. The van der Waals surface area contributed by atoms with Crippen molar-refractivity contribution in [1.29, 1.82) is 0 Å². The maximum Gasteiger partial charge on any atom is -0.0184 e. The molecule has 0 fully saturated rings. The number of benzene rings is 3. The Bertz CT molecular complexity index is 502. The van der Waals surface area contributed by atoms with Gasteiger partial charge in [0.2, 0.25) is 0 Å². The molecule has 0 saturated heterocycles. The molecule has 0 nitrogen and oxygen atoms in total. The molecule has 0 spiro atoms. The van der Waals surface area contributed by atoms with E-state index >= 15 is 0 Å². The van der Waals surface area contributed by atoms with Crippen LogP contribution in [0.1, 0.15) is 5.56 Å². The van der Waals surface area contributed by atoms with Crippen molar-refractivity contribution in [3.63, 3.8) is 0 Å². The van der Waals surface area contributed by atoms with Crippen molar-refractivity contribution in [2.75, 3.05) is 0 Å². The third-order valence-corrected chi connectivity index (χ3v) is 2.50. The van der Waals surface area contributed by atoms with E-state index in [0.717, 1.165) is 5.56 Å². The molecule has 0 aliphatic rings. The Morgan fingerprint density at radius 1 is 0.471 bits per heavy atom. The van der Waals surface area contributed by atoms with Crippen LogP contribution in [0.5, 0.6) is 0 Å². The largest absolute Gasteiger partial charge is 0.0622 e. The highest BCUT2D eigenvalue weighted by Crippen LogP contribution is 2.11. The molecule has 0 N–H and O–H groups in total. The van der Waals surface area contributed by atoms with Crippen molar-refractivity contribution in [1.82, 2.24) is 0 Å². The molecule has 0 aliphatic carbocycles. The van der Waals surface area contributed by atoms with Gasteiger partial charge in [0, 0.05) is 0 Å². The Balaban J connectivity index is 0.000000136. The topological polar surface area (TPSA) is 0 Å². The molecule has 83 valence electrons. The molecule has 17 heavy (non-hydrogen) atoms. The van der Waals surface area contributed by atoms with Crippen LogP contribution >= 0.6 is 0 Å². The predicted molar refractivity (Wildman–Crippen MR) is 74.8 cm³/mol. The summed E-state index contributed by atoms with van der Waals surface area (Å²) in [5.74, 6) is 0. The lowest BCUT2D eigenvalue weighted by Crippen LogP contribution is -1.67. The molecule has 0 atom stereocenters. The van der Waals surface area contributed by atoms with Crippen LogP contribution in [0.3, 0.4) is 0 Å². The van der Waals surface area contributed by atoms with Crippen LogP contribution in [0.25, 0.3) is 10.8 Å². The number of hydrogen-bond acceptors (Lipinski definition) is 0. The number of fused-ring (bicyclic) bond motifs is 1. The second kappa shape index (κ2) is 5.86. The Morgan fingerprint density at radius 3 is 1.12 bits per heavy atom. The van der Waals surface area contributed by atoms with E-state index in [9.17, 15) is 0 Å². The van der Waals surface area contributed by atoms with Gasteiger partial charge < -0.3 is 0 Å². The summed E-state index contributed by atoms with van der Waals surface area (Å²) in [6.07, 6.45) is 0. The zero-order valence-corrected chi connectivity index (χ0v) is 9.71. The van der Waals surface area contributed by atoms with Gasteiger partial charge in [0.1, 0.15) is 0 Å². The summed E-state index contributed by atoms with van der Waals surface area (Å²) >= 11 is 0. The molecule has 3 aromatic rings. The van der Waals surface area contributed by atoms with Crippen LogP contribution in [0.4, 0.5) is 0 Å². The van der Waals surface area contributed by atoms with Crippen molar-refractivity contribution < 1.29 is 0 Å². The third kappa shape index (κ3) is 3.46. The molecule has 0 unspecified atom stereocenters. The fraction of sp³-hybridized carbons (Fsp3) is 0. The summed E-state index contributed by atoms with van der Waals surface area (Å²) in [4.78, 5) is 0. The zero-order chi connectivity index (χ0) is 11.9. The Morgan fingerprint density at radius 2 is 0.824 bits per heavy atom. The Labute approximate surface area is 103 Å². The van der Waals surface area contributed by atoms with E-state index in [1.807, 2.05) is 30.3 Å². The second-order valence-corrected chi connectivity index (χ2v) is 3.83. The normalized spacial score (nSPS) is 9.47. The molecule has 3 rings (SSSR count). The average Bonchev–Trinajstić information content (AvgIpc) is 2.41. The number of rotatable bonds is 0. The van der Waals surface area contributed by atoms with E-state index in [4.69, 9.17) is 0 Å². The van der Waals surface area contributed by atoms with Crippen molar-refractivity contribution in [3.8, 4) is 0 Å². The monoisotopic (exact) mass is 219 g/mol. The van der Waals surface area contributed by atoms with E-state index in [2.05, 4.69) is 55.5 Å². The molecule has 0 saturated carbocycles. The minimum atomic E-state index is 1.07. The van der Waals surface area contributed by atoms with E-state index in [0.29, 0.717) is 0 Å². The van der Waals surface area contributed by atoms with Gasteiger partial charge in [-0.3, -0.25) is 0 Å². The van der Waals surface area contributed by atoms with Gasteiger partial charge in [0.15, 0.2) is 0 Å². The Kier molecular flexibility index (Phi) is 3.93. The molecule has 3 aromatic carbocycles. The lowest BCUT2D eigenvalue weighted by Gasteiger charge is -1.92. The van der Waals surface area contributed by atoms with Gasteiger partial charge in [0.25, 0.3) is 0 Å². The summed E-state index contributed by atoms with van der Waals surface area (Å²) in [5, 5.41) is 2.62. The van der Waals surface area contributed by atoms with Crippen molar-refractivity contribution in [2.24, 2.45) is 0 Å². The molecule has 0 heterocycles. The lowest BCUT2D eigenvalue weighted by atomic mass is 10.1. The van der Waals surface area contributed by atoms with Gasteiger partial charge in [-0.1, -0.05) is 78.9 Å². The van der Waals surface area contributed by atoms with Crippen LogP contribution in [0.2, 0.25) is 0 Å². The molecule has 0 aromatic heterocycles. The van der Waals surface area contributed by atoms with Gasteiger partial charge in [-0.25, -0.2) is 0 Å². The summed E-state index contributed by atoms with van der Waals surface area (Å²) in [6.45, 7) is 3.72. The van der Waals surface area contributed by atoms with Crippen molar-refractivity contribution >= 4 is 10.8 Å². The zero-order valence-electron chi connectivity index (χ0n) is 9.71. The van der Waals surface area contributed by atoms with Crippen LogP contribution in [-0.4, -0.2) is 0 Å². The van der Waals surface area contributed by atoms with Gasteiger partial charge in [-0.05, 0) is 23.3 Å². The molecule has 0 aliphatic heterocycles. The summed E-state index contributed by atoms with van der Waals surface area (Å²) in [7, 11) is 0. The van der Waals surface area contributed by atoms with Crippen LogP contribution in [0.15, 0.2) is 78.9 Å². The molecule has 1 radical (unpaired) electrons. The first-order chi connectivity index (χ1) is 8.36. The maximum absolute atomic E-state index is 3.72. The fourth-order valence-electron chi connectivity index (χ4n) is 1.61. The fourth-order valence-corrected chi connectivity index (χ4v) is 1.61. The van der Waals surface area contributed by atoms with Crippen molar-refractivity contribution in [2.45, 2.75) is 0 Å². The molecule has 0 amide bonds. The van der Waals surface area contributed by atoms with Crippen LogP contribution in [0, 0.1) is 6.92 Å². The van der Waals surface area contributed by atoms with Gasteiger partial charge >= 0.3 is 0 Å². The summed E-state index contributed by atoms with van der Waals surface area (Å²) in [5.41, 5.74) is 1.07.